The van der Waals surface area contributed by atoms with E-state index in [9.17, 15) is 4.79 Å². The highest BCUT2D eigenvalue weighted by Gasteiger charge is 2.30. The molecule has 1 heterocycles. The highest BCUT2D eigenvalue weighted by atomic mass is 16.6. The van der Waals surface area contributed by atoms with Gasteiger partial charge < -0.3 is 14.4 Å². The molecule has 1 unspecified atom stereocenters. The third-order valence-corrected chi connectivity index (χ3v) is 3.37. The molecule has 1 aliphatic rings. The van der Waals surface area contributed by atoms with Gasteiger partial charge in [-0.3, -0.25) is 4.79 Å². The Hall–Kier alpha value is -1.71. The number of ether oxygens (including phenoxy) is 2. The number of benzene rings is 1. The third-order valence-electron chi connectivity index (χ3n) is 3.37. The largest absolute Gasteiger partial charge is 0.485 e. The van der Waals surface area contributed by atoms with Gasteiger partial charge in [-0.2, -0.15) is 0 Å². The van der Waals surface area contributed by atoms with E-state index in [1.54, 1.807) is 0 Å². The summed E-state index contributed by atoms with van der Waals surface area (Å²) in [5.74, 6) is 1.41. The van der Waals surface area contributed by atoms with Gasteiger partial charge in [-0.1, -0.05) is 32.4 Å². The van der Waals surface area contributed by atoms with Crippen molar-refractivity contribution in [2.75, 3.05) is 19.7 Å². The first-order valence-corrected chi connectivity index (χ1v) is 7.43. The molecule has 1 amide bonds. The number of carbonyl (C=O) groups is 1. The van der Waals surface area contributed by atoms with Crippen molar-refractivity contribution < 1.29 is 14.3 Å². The number of carbonyl (C=O) groups excluding carboxylic acids is 1. The average molecular weight is 277 g/mol. The molecule has 0 saturated carbocycles. The van der Waals surface area contributed by atoms with Gasteiger partial charge in [-0.25, -0.2) is 0 Å². The highest BCUT2D eigenvalue weighted by Crippen LogP contribution is 2.31. The van der Waals surface area contributed by atoms with E-state index in [0.717, 1.165) is 32.4 Å². The van der Waals surface area contributed by atoms with E-state index >= 15 is 0 Å². The van der Waals surface area contributed by atoms with Crippen LogP contribution in [0, 0.1) is 0 Å². The highest BCUT2D eigenvalue weighted by molar-refractivity contribution is 5.82. The molecule has 0 bridgehead atoms. The zero-order valence-corrected chi connectivity index (χ0v) is 12.3. The fraction of sp³-hybridized carbons (Fsp3) is 0.562. The minimum Gasteiger partial charge on any atom is -0.485 e. The van der Waals surface area contributed by atoms with E-state index in [1.807, 2.05) is 29.2 Å². The van der Waals surface area contributed by atoms with Crippen molar-refractivity contribution in [3.05, 3.63) is 24.3 Å². The molecule has 4 nitrogen and oxygen atoms in total. The minimum absolute atomic E-state index is 0.0369. The molecule has 0 aliphatic carbocycles. The Bertz CT molecular complexity index is 447. The first-order valence-electron chi connectivity index (χ1n) is 7.43. The third kappa shape index (κ3) is 3.44. The molecule has 0 N–H and O–H groups in total. The van der Waals surface area contributed by atoms with Crippen molar-refractivity contribution in [2.24, 2.45) is 0 Å². The quantitative estimate of drug-likeness (QED) is 0.802. The number of unbranched alkanes of at least 4 members (excludes halogenated alkanes) is 1. The summed E-state index contributed by atoms with van der Waals surface area (Å²) in [7, 11) is 0. The lowest BCUT2D eigenvalue weighted by Gasteiger charge is -2.30. The molecule has 1 atom stereocenters. The van der Waals surface area contributed by atoms with E-state index in [4.69, 9.17) is 9.47 Å². The number of hydrogen-bond donors (Lipinski definition) is 0. The predicted molar refractivity (Wildman–Crippen MR) is 78.1 cm³/mol. The van der Waals surface area contributed by atoms with Crippen LogP contribution in [0.25, 0.3) is 0 Å². The van der Waals surface area contributed by atoms with Crippen LogP contribution in [0.5, 0.6) is 11.5 Å². The maximum absolute atomic E-state index is 12.5. The second-order valence-corrected chi connectivity index (χ2v) is 5.04. The number of fused-ring (bicyclic) bond motifs is 1. The predicted octanol–water partition coefficient (Wildman–Crippen LogP) is 2.87. The van der Waals surface area contributed by atoms with Gasteiger partial charge in [0.2, 0.25) is 6.10 Å². The Balaban J connectivity index is 2.01. The summed E-state index contributed by atoms with van der Waals surface area (Å²) in [6, 6.07) is 7.48. The van der Waals surface area contributed by atoms with Crippen molar-refractivity contribution in [3.8, 4) is 11.5 Å². The average Bonchev–Trinajstić information content (AvgIpc) is 2.50. The van der Waals surface area contributed by atoms with Gasteiger partial charge in [-0.05, 0) is 25.0 Å². The zero-order chi connectivity index (χ0) is 14.4. The lowest BCUT2D eigenvalue weighted by Crippen LogP contribution is -2.47. The maximum Gasteiger partial charge on any atom is 0.267 e. The monoisotopic (exact) mass is 277 g/mol. The summed E-state index contributed by atoms with van der Waals surface area (Å²) < 4.78 is 11.4. The van der Waals surface area contributed by atoms with E-state index in [1.165, 1.54) is 0 Å². The Morgan fingerprint density at radius 2 is 1.95 bits per heavy atom. The summed E-state index contributed by atoms with van der Waals surface area (Å²) in [6.07, 6.45) is 2.54. The lowest BCUT2D eigenvalue weighted by atomic mass is 10.2. The van der Waals surface area contributed by atoms with Gasteiger partial charge in [0.1, 0.15) is 6.61 Å². The Kier molecular flexibility index (Phi) is 5.27. The molecule has 0 fully saturated rings. The topological polar surface area (TPSA) is 38.8 Å². The number of hydrogen-bond acceptors (Lipinski definition) is 3. The van der Waals surface area contributed by atoms with E-state index in [2.05, 4.69) is 13.8 Å². The van der Waals surface area contributed by atoms with E-state index < -0.39 is 6.10 Å². The van der Waals surface area contributed by atoms with Crippen LogP contribution in [0.4, 0.5) is 0 Å². The van der Waals surface area contributed by atoms with Crippen molar-refractivity contribution in [1.29, 1.82) is 0 Å². The molecule has 0 radical (unpaired) electrons. The fourth-order valence-corrected chi connectivity index (χ4v) is 2.30. The van der Waals surface area contributed by atoms with Crippen molar-refractivity contribution in [1.82, 2.24) is 4.90 Å². The minimum atomic E-state index is -0.520. The van der Waals surface area contributed by atoms with Crippen LogP contribution >= 0.6 is 0 Å². The standard InChI is InChI=1S/C16H23NO3/c1-3-5-11-17(10-4-2)16(18)15-12-19-13-8-6-7-9-14(13)20-15/h6-9,15H,3-5,10-12H2,1-2H3. The van der Waals surface area contributed by atoms with Gasteiger partial charge in [0.15, 0.2) is 11.5 Å². The van der Waals surface area contributed by atoms with Gasteiger partial charge in [0.25, 0.3) is 5.91 Å². The second kappa shape index (κ2) is 7.17. The normalized spacial score (nSPS) is 16.8. The van der Waals surface area contributed by atoms with Crippen LogP contribution in [0.3, 0.4) is 0 Å². The number of rotatable bonds is 6. The SMILES string of the molecule is CCCCN(CCC)C(=O)C1COc2ccccc2O1. The van der Waals surface area contributed by atoms with Crippen LogP contribution in [0.2, 0.25) is 0 Å². The molecule has 0 aromatic heterocycles. The summed E-state index contributed by atoms with van der Waals surface area (Å²) in [5.41, 5.74) is 0. The smallest absolute Gasteiger partial charge is 0.267 e. The van der Waals surface area contributed by atoms with Crippen LogP contribution in [-0.4, -0.2) is 36.6 Å². The molecular weight excluding hydrogens is 254 g/mol. The molecule has 1 aromatic carbocycles. The lowest BCUT2D eigenvalue weighted by molar-refractivity contribution is -0.141. The molecule has 20 heavy (non-hydrogen) atoms. The molecular formula is C16H23NO3. The number of para-hydroxylation sites is 2. The Labute approximate surface area is 120 Å². The van der Waals surface area contributed by atoms with Crippen molar-refractivity contribution in [3.63, 3.8) is 0 Å². The van der Waals surface area contributed by atoms with Crippen molar-refractivity contribution in [2.45, 2.75) is 39.2 Å². The van der Waals surface area contributed by atoms with Crippen LogP contribution in [0.1, 0.15) is 33.1 Å². The van der Waals surface area contributed by atoms with Gasteiger partial charge in [-0.15, -0.1) is 0 Å². The van der Waals surface area contributed by atoms with Crippen molar-refractivity contribution >= 4 is 5.91 Å². The maximum atomic E-state index is 12.5. The molecule has 4 heteroatoms. The first kappa shape index (κ1) is 14.7. The van der Waals surface area contributed by atoms with E-state index in [-0.39, 0.29) is 5.91 Å². The number of amides is 1. The summed E-state index contributed by atoms with van der Waals surface area (Å²) in [5, 5.41) is 0. The molecule has 0 spiro atoms. The summed E-state index contributed by atoms with van der Waals surface area (Å²) in [6.45, 7) is 6.08. The van der Waals surface area contributed by atoms with Gasteiger partial charge in [0.05, 0.1) is 0 Å². The van der Waals surface area contributed by atoms with E-state index in [0.29, 0.717) is 18.1 Å². The zero-order valence-electron chi connectivity index (χ0n) is 12.3. The Morgan fingerprint density at radius 1 is 1.20 bits per heavy atom. The molecule has 0 saturated heterocycles. The number of nitrogens with zero attached hydrogens (tertiary/aromatic N) is 1. The molecule has 110 valence electrons. The molecule has 2 rings (SSSR count). The van der Waals surface area contributed by atoms with Crippen LogP contribution in [-0.2, 0) is 4.79 Å². The summed E-state index contributed by atoms with van der Waals surface area (Å²) in [4.78, 5) is 14.4. The van der Waals surface area contributed by atoms with Gasteiger partial charge in [0, 0.05) is 13.1 Å². The first-order chi connectivity index (χ1) is 9.76. The fourth-order valence-electron chi connectivity index (χ4n) is 2.30. The second-order valence-electron chi connectivity index (χ2n) is 5.04. The molecule has 1 aliphatic heterocycles. The van der Waals surface area contributed by atoms with Crippen LogP contribution in [0.15, 0.2) is 24.3 Å². The van der Waals surface area contributed by atoms with Crippen LogP contribution < -0.4 is 9.47 Å². The summed E-state index contributed by atoms with van der Waals surface area (Å²) >= 11 is 0. The van der Waals surface area contributed by atoms with Gasteiger partial charge >= 0.3 is 0 Å². The molecule has 1 aromatic rings. The Morgan fingerprint density at radius 3 is 2.65 bits per heavy atom.